The predicted octanol–water partition coefficient (Wildman–Crippen LogP) is 9.10. The highest BCUT2D eigenvalue weighted by Crippen LogP contribution is 2.46. The molecule has 3 aromatic carbocycles. The normalized spacial score (nSPS) is 14.7. The number of allylic oxidation sites excluding steroid dienone is 4. The first-order valence-corrected chi connectivity index (χ1v) is 16.1. The predicted molar refractivity (Wildman–Crippen MR) is 185 cm³/mol. The topological polar surface area (TPSA) is 74.0 Å². The second-order valence-electron chi connectivity index (χ2n) is 12.4. The lowest BCUT2D eigenvalue weighted by Gasteiger charge is -2.41. The van der Waals surface area contributed by atoms with Crippen LogP contribution in [0, 0.1) is 11.7 Å². The number of aromatic nitrogens is 6. The third-order valence-corrected chi connectivity index (χ3v) is 9.13. The zero-order chi connectivity index (χ0) is 32.7. The van der Waals surface area contributed by atoms with E-state index in [0.29, 0.717) is 28.7 Å². The number of hydrogen-bond acceptors (Lipinski definition) is 5. The van der Waals surface area contributed by atoms with Crippen LogP contribution in [0.15, 0.2) is 144 Å². The number of imidazole rings is 1. The van der Waals surface area contributed by atoms with E-state index in [1.807, 2.05) is 54.8 Å². The molecule has 0 saturated carbocycles. The van der Waals surface area contributed by atoms with Gasteiger partial charge in [0.15, 0.2) is 0 Å². The van der Waals surface area contributed by atoms with Crippen molar-refractivity contribution >= 4 is 5.65 Å². The Morgan fingerprint density at radius 3 is 2.23 bits per heavy atom. The van der Waals surface area contributed by atoms with Gasteiger partial charge in [-0.15, -0.1) is 0 Å². The lowest BCUT2D eigenvalue weighted by molar-refractivity contribution is 0.293. The highest BCUT2D eigenvalue weighted by molar-refractivity contribution is 5.81. The number of fused-ring (bicyclic) bond motifs is 1. The van der Waals surface area contributed by atoms with Crippen LogP contribution in [0.1, 0.15) is 43.2 Å². The molecule has 8 heteroatoms. The van der Waals surface area contributed by atoms with E-state index in [2.05, 4.69) is 98.8 Å². The van der Waals surface area contributed by atoms with Crippen molar-refractivity contribution in [3.63, 3.8) is 0 Å². The minimum absolute atomic E-state index is 0.0182. The van der Waals surface area contributed by atoms with Crippen molar-refractivity contribution in [2.75, 3.05) is 0 Å². The molecule has 0 saturated heterocycles. The molecule has 236 valence electrons. The molecule has 0 fully saturated rings. The maximum absolute atomic E-state index is 15.7. The summed E-state index contributed by atoms with van der Waals surface area (Å²) in [6, 6.07) is 31.7. The first-order valence-electron chi connectivity index (χ1n) is 16.1. The number of hydrogen-bond donors (Lipinski definition) is 0. The van der Waals surface area contributed by atoms with E-state index < -0.39 is 5.54 Å². The van der Waals surface area contributed by atoms with E-state index in [-0.39, 0.29) is 17.7 Å². The van der Waals surface area contributed by atoms with Gasteiger partial charge in [-0.25, -0.2) is 9.37 Å². The molecule has 1 atom stereocenters. The summed E-state index contributed by atoms with van der Waals surface area (Å²) in [6.07, 6.45) is 15.2. The fourth-order valence-electron chi connectivity index (χ4n) is 6.80. The van der Waals surface area contributed by atoms with Crippen LogP contribution in [-0.2, 0) is 5.54 Å². The molecule has 1 unspecified atom stereocenters. The molecular formula is C40H33FN6O. The quantitative estimate of drug-likeness (QED) is 0.167. The maximum Gasteiger partial charge on any atom is 0.229 e. The van der Waals surface area contributed by atoms with Crippen molar-refractivity contribution in [1.82, 2.24) is 29.3 Å². The average Bonchev–Trinajstić information content (AvgIpc) is 3.89. The Bertz CT molecular complexity index is 2240. The number of benzene rings is 3. The van der Waals surface area contributed by atoms with Crippen molar-refractivity contribution in [1.29, 1.82) is 0 Å². The number of pyridine rings is 1. The molecular weight excluding hydrogens is 599 g/mol. The van der Waals surface area contributed by atoms with Crippen LogP contribution in [0.5, 0.6) is 0 Å². The van der Waals surface area contributed by atoms with Gasteiger partial charge in [0.1, 0.15) is 28.4 Å². The first kappa shape index (κ1) is 29.5. The summed E-state index contributed by atoms with van der Waals surface area (Å²) < 4.78 is 25.2. The Kier molecular flexibility index (Phi) is 7.40. The third kappa shape index (κ3) is 4.88. The van der Waals surface area contributed by atoms with Gasteiger partial charge < -0.3 is 4.52 Å². The average molecular weight is 633 g/mol. The highest BCUT2D eigenvalue weighted by Gasteiger charge is 2.44. The summed E-state index contributed by atoms with van der Waals surface area (Å²) in [5.74, 6) is 0.789. The second kappa shape index (κ2) is 12.0. The van der Waals surface area contributed by atoms with E-state index in [1.54, 1.807) is 18.3 Å². The Hall–Kier alpha value is -5.89. The largest absolute Gasteiger partial charge is 0.339 e. The Morgan fingerprint density at radius 2 is 1.56 bits per heavy atom. The molecule has 7 aromatic rings. The number of rotatable bonds is 8. The summed E-state index contributed by atoms with van der Waals surface area (Å²) in [5.41, 5.74) is 5.44. The van der Waals surface area contributed by atoms with Crippen LogP contribution >= 0.6 is 0 Å². The second-order valence-corrected chi connectivity index (χ2v) is 12.4. The molecule has 0 bridgehead atoms. The monoisotopic (exact) mass is 632 g/mol. The van der Waals surface area contributed by atoms with Crippen molar-refractivity contribution in [3.8, 4) is 33.9 Å². The lowest BCUT2D eigenvalue weighted by atomic mass is 9.70. The fraction of sp³-hybridized carbons (Fsp3) is 0.150. The smallest absolute Gasteiger partial charge is 0.229 e. The van der Waals surface area contributed by atoms with E-state index in [0.717, 1.165) is 34.3 Å². The maximum atomic E-state index is 15.7. The van der Waals surface area contributed by atoms with E-state index in [4.69, 9.17) is 9.62 Å². The fourth-order valence-corrected chi connectivity index (χ4v) is 6.80. The van der Waals surface area contributed by atoms with Crippen LogP contribution < -0.4 is 0 Å². The van der Waals surface area contributed by atoms with Gasteiger partial charge in [0.25, 0.3) is 0 Å². The molecule has 1 aliphatic carbocycles. The summed E-state index contributed by atoms with van der Waals surface area (Å²) in [7, 11) is 0. The third-order valence-electron chi connectivity index (χ3n) is 9.13. The zero-order valence-corrected chi connectivity index (χ0v) is 26.6. The van der Waals surface area contributed by atoms with Gasteiger partial charge >= 0.3 is 0 Å². The molecule has 0 radical (unpaired) electrons. The zero-order valence-electron chi connectivity index (χ0n) is 26.6. The van der Waals surface area contributed by atoms with Crippen molar-refractivity contribution in [2.45, 2.75) is 31.7 Å². The Balaban J connectivity index is 1.40. The van der Waals surface area contributed by atoms with Gasteiger partial charge in [-0.05, 0) is 41.8 Å². The minimum atomic E-state index is -0.746. The van der Waals surface area contributed by atoms with Gasteiger partial charge in [0.2, 0.25) is 11.7 Å². The van der Waals surface area contributed by atoms with Crippen molar-refractivity contribution < 1.29 is 8.91 Å². The summed E-state index contributed by atoms with van der Waals surface area (Å²) in [4.78, 5) is 9.23. The van der Waals surface area contributed by atoms with E-state index >= 15 is 4.39 Å². The van der Waals surface area contributed by atoms with Crippen LogP contribution in [0.25, 0.3) is 39.5 Å². The molecule has 0 spiro atoms. The standard InChI is InChI=1S/C40H33FN6O/c1-27(2)39-43-38(45-48-39)35-24-42-36-23-22-28(25-46(35)36)33-26-47(44-37(33)32-20-12-13-21-34(32)41)40(29-14-6-3-7-15-29,30-16-8-4-9-17-30)31-18-10-5-11-19-31/h3-18,20-27,31H,19H2,1-2H3. The van der Waals surface area contributed by atoms with E-state index in [1.165, 1.54) is 6.07 Å². The molecule has 4 heterocycles. The first-order chi connectivity index (χ1) is 23.5. The summed E-state index contributed by atoms with van der Waals surface area (Å²) in [5, 5.41) is 9.58. The Morgan fingerprint density at radius 1 is 0.833 bits per heavy atom. The summed E-state index contributed by atoms with van der Waals surface area (Å²) in [6.45, 7) is 4.02. The van der Waals surface area contributed by atoms with Gasteiger partial charge in [0, 0.05) is 40.9 Å². The van der Waals surface area contributed by atoms with Crippen LogP contribution in [0.3, 0.4) is 0 Å². The molecule has 48 heavy (non-hydrogen) atoms. The Labute approximate surface area is 277 Å². The molecule has 0 N–H and O–H groups in total. The minimum Gasteiger partial charge on any atom is -0.339 e. The molecule has 0 amide bonds. The van der Waals surface area contributed by atoms with Gasteiger partial charge in [-0.2, -0.15) is 10.1 Å². The lowest BCUT2D eigenvalue weighted by Crippen LogP contribution is -2.43. The van der Waals surface area contributed by atoms with Crippen molar-refractivity contribution in [3.05, 3.63) is 163 Å². The summed E-state index contributed by atoms with van der Waals surface area (Å²) >= 11 is 0. The van der Waals surface area contributed by atoms with E-state index in [9.17, 15) is 0 Å². The highest BCUT2D eigenvalue weighted by atomic mass is 19.1. The van der Waals surface area contributed by atoms with Crippen molar-refractivity contribution in [2.24, 2.45) is 5.92 Å². The molecule has 7 nitrogen and oxygen atoms in total. The van der Waals surface area contributed by atoms with Gasteiger partial charge in [-0.1, -0.05) is 116 Å². The van der Waals surface area contributed by atoms with Crippen LogP contribution in [0.4, 0.5) is 4.39 Å². The molecule has 0 aliphatic heterocycles. The number of nitrogens with zero attached hydrogens (tertiary/aromatic N) is 6. The van der Waals surface area contributed by atoms with Crippen LogP contribution in [-0.4, -0.2) is 29.3 Å². The van der Waals surface area contributed by atoms with Gasteiger partial charge in [0.05, 0.1) is 6.20 Å². The molecule has 1 aliphatic rings. The SMILES string of the molecule is CC(C)c1nc(-c2cnc3ccc(-c4cn(C(c5ccccc5)(c5ccccc5)C5C=CC=CC5)nc4-c4ccccc4F)cn23)no1. The van der Waals surface area contributed by atoms with Crippen LogP contribution in [0.2, 0.25) is 0 Å². The number of halogens is 1. The molecule has 8 rings (SSSR count). The molecule has 4 aromatic heterocycles. The van der Waals surface area contributed by atoms with Gasteiger partial charge in [-0.3, -0.25) is 9.08 Å².